The van der Waals surface area contributed by atoms with Gasteiger partial charge in [-0.15, -0.1) is 0 Å². The van der Waals surface area contributed by atoms with Crippen molar-refractivity contribution in [1.29, 1.82) is 0 Å². The molecule has 1 aromatic rings. The third-order valence-corrected chi connectivity index (χ3v) is 3.54. The van der Waals surface area contributed by atoms with Crippen molar-refractivity contribution >= 4 is 0 Å². The number of nitrogens with zero attached hydrogens (tertiary/aromatic N) is 2. The van der Waals surface area contributed by atoms with E-state index in [1.54, 1.807) is 0 Å². The molecule has 0 saturated carbocycles. The molecule has 4 nitrogen and oxygen atoms in total. The summed E-state index contributed by atoms with van der Waals surface area (Å²) in [6.45, 7) is 0.827. The number of hydrogen-bond donors (Lipinski definition) is 1. The lowest BCUT2D eigenvalue weighted by Gasteiger charge is -2.16. The average Bonchev–Trinajstić information content (AvgIpc) is 2.92. The molecule has 4 heteroatoms. The lowest BCUT2D eigenvalue weighted by Crippen LogP contribution is -2.17. The smallest absolute Gasteiger partial charge is 0.133 e. The summed E-state index contributed by atoms with van der Waals surface area (Å²) in [6, 6.07) is 0. The first-order chi connectivity index (χ1) is 7.86. The molecule has 2 fully saturated rings. The maximum atomic E-state index is 5.82. The minimum Gasteiger partial charge on any atom is -0.374 e. The Labute approximate surface area is 95.4 Å². The summed E-state index contributed by atoms with van der Waals surface area (Å²) < 4.78 is 5.82. The second kappa shape index (κ2) is 4.11. The Kier molecular flexibility index (Phi) is 2.61. The fourth-order valence-corrected chi connectivity index (χ4v) is 2.76. The third kappa shape index (κ3) is 1.72. The highest BCUT2D eigenvalue weighted by Gasteiger charge is 2.42. The van der Waals surface area contributed by atoms with Gasteiger partial charge in [-0.25, -0.2) is 9.97 Å². The molecule has 3 unspecified atom stereocenters. The summed E-state index contributed by atoms with van der Waals surface area (Å²) in [5.41, 5.74) is 1.13. The van der Waals surface area contributed by atoms with Crippen molar-refractivity contribution in [2.24, 2.45) is 0 Å². The van der Waals surface area contributed by atoms with Gasteiger partial charge in [0.25, 0.3) is 0 Å². The van der Waals surface area contributed by atoms with Gasteiger partial charge in [-0.05, 0) is 26.3 Å². The average molecular weight is 219 g/mol. The highest BCUT2D eigenvalue weighted by molar-refractivity contribution is 5.11. The molecule has 3 rings (SSSR count). The van der Waals surface area contributed by atoms with Crippen LogP contribution >= 0.6 is 0 Å². The van der Waals surface area contributed by atoms with Crippen LogP contribution in [0.25, 0.3) is 0 Å². The predicted octanol–water partition coefficient (Wildman–Crippen LogP) is 1.23. The van der Waals surface area contributed by atoms with Crippen molar-refractivity contribution < 1.29 is 4.74 Å². The van der Waals surface area contributed by atoms with Crippen LogP contribution in [0.5, 0.6) is 0 Å². The number of aromatic nitrogens is 2. The molecule has 2 aliphatic heterocycles. The monoisotopic (exact) mass is 219 g/mol. The molecule has 0 amide bonds. The molecule has 0 aromatic carbocycles. The van der Waals surface area contributed by atoms with Gasteiger partial charge in [0.05, 0.1) is 12.2 Å². The van der Waals surface area contributed by atoms with Gasteiger partial charge in [0.2, 0.25) is 0 Å². The van der Waals surface area contributed by atoms with E-state index < -0.39 is 0 Å². The Bertz CT molecular complexity index is 365. The van der Waals surface area contributed by atoms with Crippen LogP contribution < -0.4 is 5.32 Å². The van der Waals surface area contributed by atoms with E-state index in [4.69, 9.17) is 4.74 Å². The Morgan fingerprint density at radius 1 is 1.38 bits per heavy atom. The van der Waals surface area contributed by atoms with Crippen molar-refractivity contribution in [3.63, 3.8) is 0 Å². The zero-order valence-corrected chi connectivity index (χ0v) is 9.52. The van der Waals surface area contributed by atoms with Crippen molar-refractivity contribution in [2.75, 3.05) is 7.05 Å². The lowest BCUT2D eigenvalue weighted by atomic mass is 9.88. The van der Waals surface area contributed by atoms with E-state index >= 15 is 0 Å². The van der Waals surface area contributed by atoms with Gasteiger partial charge in [0.1, 0.15) is 5.82 Å². The molecule has 1 N–H and O–H groups in total. The van der Waals surface area contributed by atoms with Gasteiger partial charge in [-0.3, -0.25) is 0 Å². The molecule has 3 heterocycles. The highest BCUT2D eigenvalue weighted by Crippen LogP contribution is 2.43. The summed E-state index contributed by atoms with van der Waals surface area (Å²) in [7, 11) is 1.93. The second-order valence-electron chi connectivity index (χ2n) is 4.70. The SMILES string of the molecule is CNCc1cnc(C2CC3CCC2O3)nc1. The molecule has 2 saturated heterocycles. The summed E-state index contributed by atoms with van der Waals surface area (Å²) in [5.74, 6) is 1.40. The fraction of sp³-hybridized carbons (Fsp3) is 0.667. The van der Waals surface area contributed by atoms with Gasteiger partial charge in [0, 0.05) is 30.4 Å². The van der Waals surface area contributed by atoms with Crippen LogP contribution in [0.4, 0.5) is 0 Å². The Hall–Kier alpha value is -1.00. The number of hydrogen-bond acceptors (Lipinski definition) is 4. The molecular weight excluding hydrogens is 202 g/mol. The molecule has 2 bridgehead atoms. The largest absolute Gasteiger partial charge is 0.374 e. The number of rotatable bonds is 3. The third-order valence-electron chi connectivity index (χ3n) is 3.54. The summed E-state index contributed by atoms with van der Waals surface area (Å²) in [4.78, 5) is 8.93. The molecule has 2 aliphatic rings. The number of ether oxygens (including phenoxy) is 1. The zero-order chi connectivity index (χ0) is 11.0. The second-order valence-corrected chi connectivity index (χ2v) is 4.70. The minimum atomic E-state index is 0.375. The van der Waals surface area contributed by atoms with E-state index in [1.165, 1.54) is 12.8 Å². The maximum absolute atomic E-state index is 5.82. The topological polar surface area (TPSA) is 47.0 Å². The zero-order valence-electron chi connectivity index (χ0n) is 9.52. The van der Waals surface area contributed by atoms with Crippen molar-refractivity contribution in [1.82, 2.24) is 15.3 Å². The van der Waals surface area contributed by atoms with Crippen LogP contribution in [0.1, 0.15) is 36.6 Å². The summed E-state index contributed by atoms with van der Waals surface area (Å²) in [6.07, 6.45) is 8.19. The Morgan fingerprint density at radius 3 is 2.75 bits per heavy atom. The Balaban J connectivity index is 1.75. The van der Waals surface area contributed by atoms with E-state index in [9.17, 15) is 0 Å². The number of fused-ring (bicyclic) bond motifs is 2. The van der Waals surface area contributed by atoms with Gasteiger partial charge >= 0.3 is 0 Å². The van der Waals surface area contributed by atoms with Crippen LogP contribution in [0.15, 0.2) is 12.4 Å². The van der Waals surface area contributed by atoms with E-state index in [-0.39, 0.29) is 0 Å². The van der Waals surface area contributed by atoms with Crippen molar-refractivity contribution in [3.8, 4) is 0 Å². The first kappa shape index (κ1) is 10.2. The molecule has 0 spiro atoms. The van der Waals surface area contributed by atoms with Gasteiger partial charge in [0.15, 0.2) is 0 Å². The van der Waals surface area contributed by atoms with Gasteiger partial charge in [-0.1, -0.05) is 0 Å². The molecule has 0 radical (unpaired) electrons. The molecule has 3 atom stereocenters. The Morgan fingerprint density at radius 2 is 2.19 bits per heavy atom. The molecular formula is C12H17N3O. The van der Waals surface area contributed by atoms with Gasteiger partial charge in [-0.2, -0.15) is 0 Å². The van der Waals surface area contributed by atoms with Crippen molar-refractivity contribution in [2.45, 2.75) is 43.9 Å². The first-order valence-corrected chi connectivity index (χ1v) is 5.97. The van der Waals surface area contributed by atoms with Crippen molar-refractivity contribution in [3.05, 3.63) is 23.8 Å². The minimum absolute atomic E-state index is 0.375. The van der Waals surface area contributed by atoms with E-state index in [0.29, 0.717) is 18.1 Å². The van der Waals surface area contributed by atoms with Crippen LogP contribution in [0.2, 0.25) is 0 Å². The first-order valence-electron chi connectivity index (χ1n) is 5.97. The van der Waals surface area contributed by atoms with E-state index in [1.807, 2.05) is 19.4 Å². The normalized spacial score (nSPS) is 32.2. The summed E-state index contributed by atoms with van der Waals surface area (Å²) in [5, 5.41) is 3.10. The quantitative estimate of drug-likeness (QED) is 0.830. The van der Waals surface area contributed by atoms with Crippen LogP contribution in [0, 0.1) is 0 Å². The molecule has 86 valence electrons. The van der Waals surface area contributed by atoms with Gasteiger partial charge < -0.3 is 10.1 Å². The molecule has 0 aliphatic carbocycles. The van der Waals surface area contributed by atoms with E-state index in [2.05, 4.69) is 15.3 Å². The van der Waals surface area contributed by atoms with E-state index in [0.717, 1.165) is 24.4 Å². The maximum Gasteiger partial charge on any atom is 0.133 e. The highest BCUT2D eigenvalue weighted by atomic mass is 16.5. The standard InChI is InChI=1S/C12H17N3O/c1-13-5-8-6-14-12(15-7-8)10-4-9-2-3-11(10)16-9/h6-7,9-11,13H,2-5H2,1H3. The molecule has 16 heavy (non-hydrogen) atoms. The predicted molar refractivity (Wildman–Crippen MR) is 60.0 cm³/mol. The van der Waals surface area contributed by atoms with Crippen LogP contribution in [-0.2, 0) is 11.3 Å². The lowest BCUT2D eigenvalue weighted by molar-refractivity contribution is 0.0998. The van der Waals surface area contributed by atoms with Crippen LogP contribution in [-0.4, -0.2) is 29.2 Å². The van der Waals surface area contributed by atoms with Crippen LogP contribution in [0.3, 0.4) is 0 Å². The molecule has 1 aromatic heterocycles. The fourth-order valence-electron chi connectivity index (χ4n) is 2.76. The summed E-state index contributed by atoms with van der Waals surface area (Å²) >= 11 is 0. The number of nitrogens with one attached hydrogen (secondary N) is 1.